The van der Waals surface area contributed by atoms with Gasteiger partial charge in [-0.05, 0) is 352 Å². The minimum atomic E-state index is 0.116. The van der Waals surface area contributed by atoms with Crippen LogP contribution in [0.5, 0.6) is 0 Å². The molecule has 15 aliphatic rings. The molecular formula is C144H119N3O. The number of benzene rings is 19. The summed E-state index contributed by atoms with van der Waals surface area (Å²) in [6, 6.07) is 174. The van der Waals surface area contributed by atoms with Gasteiger partial charge in [0.05, 0.1) is 34.1 Å². The number of rotatable bonds is 15. The zero-order valence-electron chi connectivity index (χ0n) is 83.7. The van der Waals surface area contributed by atoms with E-state index in [9.17, 15) is 0 Å². The quantitative estimate of drug-likeness (QED) is 0.102. The summed E-state index contributed by atoms with van der Waals surface area (Å²) in [6.07, 6.45) is 21.1. The fraction of sp³-hybridized carbons (Fsp3) is 0.208. The second-order valence-corrected chi connectivity index (χ2v) is 45.6. The smallest absolute Gasteiger partial charge is 0.135 e. The highest BCUT2D eigenvalue weighted by Crippen LogP contribution is 2.75. The highest BCUT2D eigenvalue weighted by molar-refractivity contribution is 6.09. The van der Waals surface area contributed by atoms with Gasteiger partial charge in [0.15, 0.2) is 0 Å². The standard InChI is InChI=1S/C52H43N.C46H37NO.C46H39N/c1-3-12-37(13-4-1)38-22-24-39(25-23-38)40-26-28-44(29-27-40)53(49-20-10-8-16-45(49)41-14-5-2-6-15-41)50-21-11-19-48-51(50)46-17-7-9-18-47(46)52(48)42-31-35-30-36(33-42)34-43(52)32-35;1-2-11-31(12-3-1)35-13-5-8-18-41(35)47(34-21-22-44-38(28-34)36-14-6-9-20-43(36)48-44)42-19-10-17-40-45(42)37-15-4-7-16-39(37)46(40)32-24-29-23-30(26-32)27-33(46)25-29;1-3-13-33(14-4-1)35-17-11-18-38(30-35)47(43-23-10-8-19-39(43)34-15-5-2-6-16-34)44-24-12-22-42-45(44)40-20-7-9-21-41(40)46(42)36-26-31-25-32(28-36)29-37(46)27-31/h1-29,35-36,42-43H,30-34H2;1-22,28-30,32-33H,23-27H2;1-24,30-32,36-37H,25-29H2. The fourth-order valence-electron chi connectivity index (χ4n) is 33.5. The Balaban J connectivity index is 0.000000103. The molecule has 4 heteroatoms. The molecule has 1 heterocycles. The van der Waals surface area contributed by atoms with Crippen molar-refractivity contribution in [3.63, 3.8) is 0 Å². The van der Waals surface area contributed by atoms with Crippen molar-refractivity contribution >= 4 is 73.1 Å². The van der Waals surface area contributed by atoms with E-state index in [1.807, 2.05) is 0 Å². The summed E-state index contributed by atoms with van der Waals surface area (Å²) >= 11 is 0. The highest BCUT2D eigenvalue weighted by Gasteiger charge is 2.66. The third-order valence-electron chi connectivity index (χ3n) is 38.4. The van der Waals surface area contributed by atoms with Crippen LogP contribution in [0.2, 0.25) is 0 Å². The Morgan fingerprint density at radius 1 is 0.162 bits per heavy atom. The fourth-order valence-corrected chi connectivity index (χ4v) is 33.5. The molecule has 716 valence electrons. The van der Waals surface area contributed by atoms with Crippen LogP contribution in [0.1, 0.15) is 130 Å². The first-order valence-electron chi connectivity index (χ1n) is 55.2. The van der Waals surface area contributed by atoms with Gasteiger partial charge in [-0.1, -0.05) is 382 Å². The van der Waals surface area contributed by atoms with Crippen molar-refractivity contribution in [2.45, 2.75) is 113 Å². The molecule has 1 aromatic heterocycles. The maximum atomic E-state index is 6.32. The lowest BCUT2D eigenvalue weighted by molar-refractivity contribution is -0.0399. The monoisotopic (exact) mass is 1910 g/mol. The molecule has 35 rings (SSSR count). The molecule has 12 fully saturated rings. The Morgan fingerprint density at radius 2 is 0.412 bits per heavy atom. The number of nitrogens with zero attached hydrogens (tertiary/aromatic N) is 3. The van der Waals surface area contributed by atoms with Gasteiger partial charge in [0.1, 0.15) is 11.2 Å². The zero-order chi connectivity index (χ0) is 97.3. The molecule has 0 radical (unpaired) electrons. The summed E-state index contributed by atoms with van der Waals surface area (Å²) in [5.41, 5.74) is 46.2. The zero-order valence-corrected chi connectivity index (χ0v) is 83.7. The number of hydrogen-bond donors (Lipinski definition) is 0. The summed E-state index contributed by atoms with van der Waals surface area (Å²) < 4.78 is 6.32. The lowest BCUT2D eigenvalue weighted by Crippen LogP contribution is -2.55. The predicted octanol–water partition coefficient (Wildman–Crippen LogP) is 38.5. The van der Waals surface area contributed by atoms with E-state index in [4.69, 9.17) is 4.42 Å². The van der Waals surface area contributed by atoms with Crippen LogP contribution in [0.3, 0.4) is 0 Å². The Bertz CT molecular complexity index is 8420. The number of anilines is 9. The number of fused-ring (bicyclic) bond motifs is 12. The van der Waals surface area contributed by atoms with Crippen molar-refractivity contribution in [1.29, 1.82) is 0 Å². The average molecular weight is 1910 g/mol. The lowest BCUT2D eigenvalue weighted by Gasteiger charge is -2.61. The van der Waals surface area contributed by atoms with Gasteiger partial charge >= 0.3 is 0 Å². The van der Waals surface area contributed by atoms with Crippen LogP contribution in [0.25, 0.3) is 122 Å². The van der Waals surface area contributed by atoms with Crippen LogP contribution in [-0.4, -0.2) is 0 Å². The summed E-state index contributed by atoms with van der Waals surface area (Å²) in [5, 5.41) is 2.30. The van der Waals surface area contributed by atoms with Gasteiger partial charge in [0, 0.05) is 77.5 Å². The van der Waals surface area contributed by atoms with E-state index in [0.29, 0.717) is 0 Å². The van der Waals surface area contributed by atoms with E-state index in [1.165, 1.54) is 242 Å². The average Bonchev–Trinajstić information content (AvgIpc) is 1.52. The Morgan fingerprint density at radius 3 is 0.784 bits per heavy atom. The van der Waals surface area contributed by atoms with E-state index < -0.39 is 0 Å². The molecule has 0 atom stereocenters. The molecule has 4 nitrogen and oxygen atoms in total. The predicted molar refractivity (Wildman–Crippen MR) is 613 cm³/mol. The van der Waals surface area contributed by atoms with Crippen molar-refractivity contribution in [1.82, 2.24) is 0 Å². The Labute approximate surface area is 870 Å². The topological polar surface area (TPSA) is 22.9 Å². The SMILES string of the molecule is c1ccc(-c2ccc(-c3ccc(N(c4ccccc4-c4ccccc4)c4cccc5c4-c4ccccc4C54C5CC6CC(C5)CC4C6)cc3)cc2)cc1.c1ccc(-c2cccc(N(c3ccccc3-c3ccccc3)c3cccc4c3-c3ccccc3C43C4CC5CC(C4)CC3C5)c2)cc1.c1ccc(-c2ccccc2N(c2ccc3oc4ccccc4c3c2)c2cccc3c2-c2ccccc2C32C3CC4CC(C3)CC2C4)cc1. The van der Waals surface area contributed by atoms with E-state index in [2.05, 4.69) is 482 Å². The molecule has 148 heavy (non-hydrogen) atoms. The van der Waals surface area contributed by atoms with Gasteiger partial charge in [0.2, 0.25) is 0 Å². The molecule has 0 N–H and O–H groups in total. The lowest BCUT2D eigenvalue weighted by atomic mass is 9.43. The van der Waals surface area contributed by atoms with E-state index in [-0.39, 0.29) is 16.2 Å². The third-order valence-corrected chi connectivity index (χ3v) is 38.4. The molecule has 0 saturated heterocycles. The van der Waals surface area contributed by atoms with Crippen molar-refractivity contribution in [3.05, 3.63) is 500 Å². The van der Waals surface area contributed by atoms with Crippen LogP contribution in [0, 0.1) is 71.0 Å². The van der Waals surface area contributed by atoms with Crippen molar-refractivity contribution in [2.75, 3.05) is 14.7 Å². The first kappa shape index (κ1) is 87.7. The minimum Gasteiger partial charge on any atom is -0.456 e. The maximum absolute atomic E-state index is 6.32. The van der Waals surface area contributed by atoms with E-state index in [1.54, 1.807) is 33.4 Å². The summed E-state index contributed by atoms with van der Waals surface area (Å²) in [6.45, 7) is 0. The molecule has 0 aliphatic heterocycles. The van der Waals surface area contributed by atoms with Gasteiger partial charge in [-0.2, -0.15) is 0 Å². The molecule has 12 bridgehead atoms. The van der Waals surface area contributed by atoms with Crippen molar-refractivity contribution in [3.8, 4) is 100 Å². The van der Waals surface area contributed by atoms with Crippen LogP contribution >= 0.6 is 0 Å². The molecule has 12 saturated carbocycles. The molecule has 0 amide bonds. The first-order chi connectivity index (χ1) is 73.3. The minimum absolute atomic E-state index is 0.116. The highest BCUT2D eigenvalue weighted by atomic mass is 16.3. The normalized spacial score (nSPS) is 24.2. The van der Waals surface area contributed by atoms with Crippen LogP contribution in [0.15, 0.2) is 472 Å². The first-order valence-corrected chi connectivity index (χ1v) is 55.2. The Hall–Kier alpha value is -15.6. The second-order valence-electron chi connectivity index (χ2n) is 45.6. The molecule has 20 aromatic rings. The largest absolute Gasteiger partial charge is 0.456 e. The van der Waals surface area contributed by atoms with Crippen molar-refractivity contribution < 1.29 is 4.42 Å². The van der Waals surface area contributed by atoms with Crippen molar-refractivity contribution in [2.24, 2.45) is 71.0 Å². The summed E-state index contributed by atoms with van der Waals surface area (Å²) in [5.74, 6) is 9.93. The van der Waals surface area contributed by atoms with Crippen LogP contribution < -0.4 is 14.7 Å². The number of para-hydroxylation sites is 4. The van der Waals surface area contributed by atoms with E-state index >= 15 is 0 Å². The van der Waals surface area contributed by atoms with Gasteiger partial charge in [-0.25, -0.2) is 0 Å². The van der Waals surface area contributed by atoms with E-state index in [0.717, 1.165) is 98.6 Å². The third kappa shape index (κ3) is 13.8. The number of hydrogen-bond acceptors (Lipinski definition) is 4. The Kier molecular flexibility index (Phi) is 21.0. The molecule has 19 aromatic carbocycles. The van der Waals surface area contributed by atoms with Gasteiger partial charge in [-0.3, -0.25) is 0 Å². The molecule has 0 unspecified atom stereocenters. The van der Waals surface area contributed by atoms with Gasteiger partial charge < -0.3 is 19.1 Å². The molecule has 3 spiro atoms. The number of furan rings is 1. The summed E-state index contributed by atoms with van der Waals surface area (Å²) in [4.78, 5) is 7.68. The molecular weight excluding hydrogens is 1790 g/mol. The maximum Gasteiger partial charge on any atom is 0.135 e. The summed E-state index contributed by atoms with van der Waals surface area (Å²) in [7, 11) is 0. The van der Waals surface area contributed by atoms with Gasteiger partial charge in [-0.15, -0.1) is 0 Å². The van der Waals surface area contributed by atoms with Gasteiger partial charge in [0.25, 0.3) is 0 Å². The van der Waals surface area contributed by atoms with Crippen LogP contribution in [-0.2, 0) is 16.2 Å². The van der Waals surface area contributed by atoms with Crippen LogP contribution in [0.4, 0.5) is 51.2 Å². The molecule has 15 aliphatic carbocycles. The second kappa shape index (κ2) is 35.3.